The van der Waals surface area contributed by atoms with Crippen LogP contribution < -0.4 is 4.90 Å². The number of piperidine rings is 1. The number of aromatic nitrogens is 2. The first kappa shape index (κ1) is 12.8. The van der Waals surface area contributed by atoms with Crippen molar-refractivity contribution in [2.45, 2.75) is 25.9 Å². The zero-order valence-corrected chi connectivity index (χ0v) is 10.4. The van der Waals surface area contributed by atoms with Crippen LogP contribution in [0.2, 0.25) is 0 Å². The molecule has 1 aliphatic heterocycles. The normalized spacial score (nSPS) is 16.7. The highest BCUT2D eigenvalue weighted by atomic mass is 16.5. The molecule has 1 fully saturated rings. The molecule has 1 N–H and O–H groups in total. The second kappa shape index (κ2) is 5.77. The number of carbonyl (C=O) groups excluding carboxylic acids is 1. The summed E-state index contributed by atoms with van der Waals surface area (Å²) in [7, 11) is 0. The Kier molecular flexibility index (Phi) is 4.09. The molecule has 1 aliphatic rings. The van der Waals surface area contributed by atoms with Gasteiger partial charge in [0, 0.05) is 25.5 Å². The second-order valence-electron chi connectivity index (χ2n) is 4.21. The first-order chi connectivity index (χ1) is 8.70. The maximum atomic E-state index is 11.4. The summed E-state index contributed by atoms with van der Waals surface area (Å²) in [5, 5.41) is 9.42. The summed E-state index contributed by atoms with van der Waals surface area (Å²) in [6, 6.07) is 0. The minimum atomic E-state index is -0.405. The molecule has 0 aliphatic carbocycles. The fourth-order valence-electron chi connectivity index (χ4n) is 1.87. The summed E-state index contributed by atoms with van der Waals surface area (Å²) < 4.78 is 4.86. The molecule has 0 atom stereocenters. The molecule has 0 spiro atoms. The van der Waals surface area contributed by atoms with Gasteiger partial charge in [0.25, 0.3) is 0 Å². The lowest BCUT2D eigenvalue weighted by molar-refractivity contribution is 0.0525. The standard InChI is InChI=1S/C12H17N3O3/c1-2-18-11(17)9-7-13-12(14-8-9)15-5-3-10(16)4-6-15/h7-8,10,16H,2-6H2,1H3. The van der Waals surface area contributed by atoms with Gasteiger partial charge in [-0.15, -0.1) is 0 Å². The van der Waals surface area contributed by atoms with Crippen molar-refractivity contribution in [1.29, 1.82) is 0 Å². The Labute approximate surface area is 106 Å². The number of rotatable bonds is 3. The lowest BCUT2D eigenvalue weighted by atomic mass is 10.1. The van der Waals surface area contributed by atoms with E-state index in [4.69, 9.17) is 4.74 Å². The summed E-state index contributed by atoms with van der Waals surface area (Å²) >= 11 is 0. The Hall–Kier alpha value is -1.69. The van der Waals surface area contributed by atoms with Crippen LogP contribution in [-0.2, 0) is 4.74 Å². The zero-order chi connectivity index (χ0) is 13.0. The summed E-state index contributed by atoms with van der Waals surface area (Å²) in [6.07, 6.45) is 4.18. The summed E-state index contributed by atoms with van der Waals surface area (Å²) in [5.41, 5.74) is 0.359. The zero-order valence-electron chi connectivity index (χ0n) is 10.4. The van der Waals surface area contributed by atoms with E-state index in [0.29, 0.717) is 18.1 Å². The Balaban J connectivity index is 2.01. The minimum Gasteiger partial charge on any atom is -0.462 e. The quantitative estimate of drug-likeness (QED) is 0.793. The SMILES string of the molecule is CCOC(=O)c1cnc(N2CCC(O)CC2)nc1. The third kappa shape index (κ3) is 2.95. The van der Waals surface area contributed by atoms with Gasteiger partial charge in [-0.25, -0.2) is 14.8 Å². The van der Waals surface area contributed by atoms with Crippen LogP contribution in [-0.4, -0.2) is 46.8 Å². The number of carbonyl (C=O) groups is 1. The number of nitrogens with zero attached hydrogens (tertiary/aromatic N) is 3. The largest absolute Gasteiger partial charge is 0.462 e. The van der Waals surface area contributed by atoms with Gasteiger partial charge in [0.15, 0.2) is 0 Å². The molecule has 0 unspecified atom stereocenters. The molecule has 6 nitrogen and oxygen atoms in total. The lowest BCUT2D eigenvalue weighted by Gasteiger charge is -2.29. The van der Waals surface area contributed by atoms with Crippen LogP contribution in [0, 0.1) is 0 Å². The Morgan fingerprint density at radius 2 is 2.06 bits per heavy atom. The van der Waals surface area contributed by atoms with Gasteiger partial charge in [-0.05, 0) is 19.8 Å². The minimum absolute atomic E-state index is 0.222. The topological polar surface area (TPSA) is 75.5 Å². The maximum Gasteiger partial charge on any atom is 0.341 e. The van der Waals surface area contributed by atoms with Crippen LogP contribution in [0.15, 0.2) is 12.4 Å². The molecule has 98 valence electrons. The number of hydrogen-bond acceptors (Lipinski definition) is 6. The molecule has 6 heteroatoms. The number of aliphatic hydroxyl groups excluding tert-OH is 1. The Morgan fingerprint density at radius 1 is 1.44 bits per heavy atom. The van der Waals surface area contributed by atoms with E-state index in [-0.39, 0.29) is 6.10 Å². The molecular weight excluding hydrogens is 234 g/mol. The van der Waals surface area contributed by atoms with Crippen LogP contribution in [0.3, 0.4) is 0 Å². The molecule has 1 aromatic rings. The van der Waals surface area contributed by atoms with Gasteiger partial charge in [0.2, 0.25) is 5.95 Å². The van der Waals surface area contributed by atoms with Crippen molar-refractivity contribution >= 4 is 11.9 Å². The lowest BCUT2D eigenvalue weighted by Crippen LogP contribution is -2.36. The summed E-state index contributed by atoms with van der Waals surface area (Å²) in [5.74, 6) is 0.188. The predicted octanol–water partition coefficient (Wildman–Crippen LogP) is 0.614. The van der Waals surface area contributed by atoms with Crippen molar-refractivity contribution in [3.8, 4) is 0 Å². The summed E-state index contributed by atoms with van der Waals surface area (Å²) in [6.45, 7) is 3.57. The van der Waals surface area contributed by atoms with Crippen LogP contribution in [0.25, 0.3) is 0 Å². The van der Waals surface area contributed by atoms with Gasteiger partial charge in [-0.1, -0.05) is 0 Å². The van der Waals surface area contributed by atoms with E-state index >= 15 is 0 Å². The van der Waals surface area contributed by atoms with E-state index in [1.165, 1.54) is 12.4 Å². The van der Waals surface area contributed by atoms with Gasteiger partial charge >= 0.3 is 5.97 Å². The third-order valence-electron chi connectivity index (χ3n) is 2.90. The van der Waals surface area contributed by atoms with Crippen LogP contribution in [0.5, 0.6) is 0 Å². The smallest absolute Gasteiger partial charge is 0.341 e. The number of ether oxygens (including phenoxy) is 1. The van der Waals surface area contributed by atoms with Crippen molar-refractivity contribution in [1.82, 2.24) is 9.97 Å². The third-order valence-corrected chi connectivity index (χ3v) is 2.90. The summed E-state index contributed by atoms with van der Waals surface area (Å²) in [4.78, 5) is 21.8. The molecule has 2 rings (SSSR count). The Bertz CT molecular complexity index is 400. The van der Waals surface area contributed by atoms with Gasteiger partial charge in [0.1, 0.15) is 0 Å². The molecule has 2 heterocycles. The number of hydrogen-bond donors (Lipinski definition) is 1. The van der Waals surface area contributed by atoms with Crippen molar-refractivity contribution in [3.05, 3.63) is 18.0 Å². The average Bonchev–Trinajstić information content (AvgIpc) is 2.40. The molecule has 0 radical (unpaired) electrons. The number of anilines is 1. The van der Waals surface area contributed by atoms with Crippen molar-refractivity contribution in [2.75, 3.05) is 24.6 Å². The van der Waals surface area contributed by atoms with Crippen molar-refractivity contribution < 1.29 is 14.6 Å². The van der Waals surface area contributed by atoms with E-state index in [1.54, 1.807) is 6.92 Å². The molecule has 0 saturated carbocycles. The highest BCUT2D eigenvalue weighted by Crippen LogP contribution is 2.15. The second-order valence-corrected chi connectivity index (χ2v) is 4.21. The maximum absolute atomic E-state index is 11.4. The first-order valence-electron chi connectivity index (χ1n) is 6.13. The van der Waals surface area contributed by atoms with Crippen molar-refractivity contribution in [3.63, 3.8) is 0 Å². The van der Waals surface area contributed by atoms with E-state index in [9.17, 15) is 9.90 Å². The van der Waals surface area contributed by atoms with Crippen LogP contribution in [0.4, 0.5) is 5.95 Å². The van der Waals surface area contributed by atoms with Gasteiger partial charge in [-0.3, -0.25) is 0 Å². The fourth-order valence-corrected chi connectivity index (χ4v) is 1.87. The molecule has 18 heavy (non-hydrogen) atoms. The van der Waals surface area contributed by atoms with Gasteiger partial charge < -0.3 is 14.7 Å². The first-order valence-corrected chi connectivity index (χ1v) is 6.13. The highest BCUT2D eigenvalue weighted by Gasteiger charge is 2.19. The molecular formula is C12H17N3O3. The molecule has 1 saturated heterocycles. The van der Waals surface area contributed by atoms with E-state index in [0.717, 1.165) is 25.9 Å². The molecule has 0 amide bonds. The number of aliphatic hydroxyl groups is 1. The van der Waals surface area contributed by atoms with Crippen LogP contribution >= 0.6 is 0 Å². The average molecular weight is 251 g/mol. The number of esters is 1. The van der Waals surface area contributed by atoms with E-state index in [1.807, 2.05) is 4.90 Å². The predicted molar refractivity (Wildman–Crippen MR) is 65.4 cm³/mol. The van der Waals surface area contributed by atoms with Gasteiger partial charge in [0.05, 0.1) is 18.3 Å². The van der Waals surface area contributed by atoms with Gasteiger partial charge in [-0.2, -0.15) is 0 Å². The molecule has 0 aromatic carbocycles. The van der Waals surface area contributed by atoms with Crippen LogP contribution in [0.1, 0.15) is 30.1 Å². The van der Waals surface area contributed by atoms with Crippen molar-refractivity contribution in [2.24, 2.45) is 0 Å². The fraction of sp³-hybridized carbons (Fsp3) is 0.583. The molecule has 0 bridgehead atoms. The molecule has 1 aromatic heterocycles. The Morgan fingerprint density at radius 3 is 2.61 bits per heavy atom. The van der Waals surface area contributed by atoms with E-state index < -0.39 is 5.97 Å². The monoisotopic (exact) mass is 251 g/mol. The highest BCUT2D eigenvalue weighted by molar-refractivity contribution is 5.88. The van der Waals surface area contributed by atoms with E-state index in [2.05, 4.69) is 9.97 Å².